The molecule has 1 aliphatic rings. The third kappa shape index (κ3) is 4.70. The molecule has 17 heavy (non-hydrogen) atoms. The molecule has 2 nitrogen and oxygen atoms in total. The summed E-state index contributed by atoms with van der Waals surface area (Å²) in [6.45, 7) is 7.04. The predicted molar refractivity (Wildman–Crippen MR) is 76.5 cm³/mol. The third-order valence-corrected chi connectivity index (χ3v) is 4.13. The van der Waals surface area contributed by atoms with Crippen molar-refractivity contribution in [2.24, 2.45) is 0 Å². The second kappa shape index (κ2) is 7.04. The molecule has 0 amide bonds. The Morgan fingerprint density at radius 1 is 1.35 bits per heavy atom. The summed E-state index contributed by atoms with van der Waals surface area (Å²) in [5, 5.41) is 3.48. The van der Waals surface area contributed by atoms with E-state index < -0.39 is 0 Å². The number of benzene rings is 1. The van der Waals surface area contributed by atoms with Crippen LogP contribution in [0.5, 0.6) is 0 Å². The van der Waals surface area contributed by atoms with Gasteiger partial charge in [0.25, 0.3) is 0 Å². The Kier molecular flexibility index (Phi) is 5.36. The van der Waals surface area contributed by atoms with Crippen LogP contribution in [0.1, 0.15) is 12.5 Å². The van der Waals surface area contributed by atoms with Gasteiger partial charge < -0.3 is 5.32 Å². The van der Waals surface area contributed by atoms with E-state index in [0.29, 0.717) is 6.04 Å². The summed E-state index contributed by atoms with van der Waals surface area (Å²) in [5.74, 6) is 2.38. The average molecular weight is 250 g/mol. The maximum Gasteiger partial charge on any atom is 0.0185 e. The van der Waals surface area contributed by atoms with Crippen LogP contribution in [0.4, 0.5) is 0 Å². The minimum atomic E-state index is 0.655. The van der Waals surface area contributed by atoms with Crippen LogP contribution in [0, 0.1) is 0 Å². The molecule has 3 heteroatoms. The zero-order chi connectivity index (χ0) is 11.9. The van der Waals surface area contributed by atoms with E-state index in [-0.39, 0.29) is 0 Å². The lowest BCUT2D eigenvalue weighted by molar-refractivity contribution is 0.218. The Labute approximate surface area is 109 Å². The molecule has 0 spiro atoms. The maximum atomic E-state index is 3.48. The van der Waals surface area contributed by atoms with Crippen molar-refractivity contribution in [1.29, 1.82) is 0 Å². The van der Waals surface area contributed by atoms with Crippen LogP contribution in [0.15, 0.2) is 30.3 Å². The van der Waals surface area contributed by atoms with Crippen molar-refractivity contribution in [3.05, 3.63) is 35.9 Å². The van der Waals surface area contributed by atoms with E-state index in [9.17, 15) is 0 Å². The van der Waals surface area contributed by atoms with Crippen molar-refractivity contribution in [1.82, 2.24) is 10.2 Å². The molecule has 1 aromatic rings. The van der Waals surface area contributed by atoms with Crippen molar-refractivity contribution >= 4 is 11.8 Å². The summed E-state index contributed by atoms with van der Waals surface area (Å²) >= 11 is 2.04. The average Bonchev–Trinajstić information content (AvgIpc) is 2.36. The molecule has 1 saturated heterocycles. The van der Waals surface area contributed by atoms with Crippen molar-refractivity contribution < 1.29 is 0 Å². The lowest BCUT2D eigenvalue weighted by Crippen LogP contribution is -2.49. The predicted octanol–water partition coefficient (Wildman–Crippen LogP) is 2.21. The first-order chi connectivity index (χ1) is 8.34. The van der Waals surface area contributed by atoms with Gasteiger partial charge >= 0.3 is 0 Å². The highest BCUT2D eigenvalue weighted by Crippen LogP contribution is 2.12. The van der Waals surface area contributed by atoms with Gasteiger partial charge in [0.2, 0.25) is 0 Å². The number of hydrogen-bond donors (Lipinski definition) is 1. The fraction of sp³-hybridized carbons (Fsp3) is 0.571. The first-order valence-electron chi connectivity index (χ1n) is 6.42. The molecule has 0 bridgehead atoms. The van der Waals surface area contributed by atoms with Crippen molar-refractivity contribution in [3.8, 4) is 0 Å². The monoisotopic (exact) mass is 250 g/mol. The molecule has 0 radical (unpaired) electrons. The van der Waals surface area contributed by atoms with E-state index in [4.69, 9.17) is 0 Å². The van der Waals surface area contributed by atoms with E-state index in [1.54, 1.807) is 0 Å². The molecule has 1 atom stereocenters. The minimum absolute atomic E-state index is 0.655. The van der Waals surface area contributed by atoms with Crippen molar-refractivity contribution in [3.63, 3.8) is 0 Å². The molecule has 0 saturated carbocycles. The van der Waals surface area contributed by atoms with Gasteiger partial charge in [-0.3, -0.25) is 4.90 Å². The van der Waals surface area contributed by atoms with E-state index in [2.05, 4.69) is 47.5 Å². The molecular formula is C14H22N2S. The summed E-state index contributed by atoms with van der Waals surface area (Å²) in [4.78, 5) is 2.57. The van der Waals surface area contributed by atoms with E-state index >= 15 is 0 Å². The fourth-order valence-electron chi connectivity index (χ4n) is 2.17. The van der Waals surface area contributed by atoms with E-state index in [0.717, 1.165) is 12.3 Å². The second-order valence-corrected chi connectivity index (χ2v) is 5.80. The van der Waals surface area contributed by atoms with Gasteiger partial charge in [-0.05, 0) is 12.5 Å². The van der Waals surface area contributed by atoms with E-state index in [1.807, 2.05) is 11.8 Å². The van der Waals surface area contributed by atoms with Gasteiger partial charge in [-0.2, -0.15) is 11.8 Å². The molecular weight excluding hydrogens is 228 g/mol. The standard InChI is InChI=1S/C14H22N2S/c1-13-11-16(8-7-15-13)9-10-17-12-14-5-3-2-4-6-14/h2-6,13,15H,7-12H2,1H3. The van der Waals surface area contributed by atoms with Crippen LogP contribution < -0.4 is 5.32 Å². The largest absolute Gasteiger partial charge is 0.312 e. The van der Waals surface area contributed by atoms with Gasteiger partial charge in [0.1, 0.15) is 0 Å². The Hall–Kier alpha value is -0.510. The van der Waals surface area contributed by atoms with Crippen LogP contribution in [0.25, 0.3) is 0 Å². The molecule has 2 rings (SSSR count). The van der Waals surface area contributed by atoms with Crippen LogP contribution in [0.2, 0.25) is 0 Å². The maximum absolute atomic E-state index is 3.48. The zero-order valence-electron chi connectivity index (χ0n) is 10.6. The molecule has 1 unspecified atom stereocenters. The topological polar surface area (TPSA) is 15.3 Å². The third-order valence-electron chi connectivity index (χ3n) is 3.12. The van der Waals surface area contributed by atoms with Gasteiger partial charge in [0, 0.05) is 43.7 Å². The molecule has 94 valence electrons. The van der Waals surface area contributed by atoms with E-state index in [1.165, 1.54) is 31.0 Å². The molecule has 0 aliphatic carbocycles. The summed E-state index contributed by atoms with van der Waals surface area (Å²) in [5.41, 5.74) is 1.44. The number of nitrogens with one attached hydrogen (secondary N) is 1. The quantitative estimate of drug-likeness (QED) is 0.807. The van der Waals surface area contributed by atoms with Crippen LogP contribution in [-0.4, -0.2) is 42.9 Å². The molecule has 0 aromatic heterocycles. The normalized spacial score (nSPS) is 21.6. The van der Waals surface area contributed by atoms with Crippen molar-refractivity contribution in [2.75, 3.05) is 31.9 Å². The Bertz CT molecular complexity index is 315. The van der Waals surface area contributed by atoms with Crippen LogP contribution in [0.3, 0.4) is 0 Å². The Balaban J connectivity index is 1.60. The molecule has 1 aromatic carbocycles. The zero-order valence-corrected chi connectivity index (χ0v) is 11.4. The minimum Gasteiger partial charge on any atom is -0.312 e. The highest BCUT2D eigenvalue weighted by molar-refractivity contribution is 7.98. The lowest BCUT2D eigenvalue weighted by atomic mass is 10.2. The second-order valence-electron chi connectivity index (χ2n) is 4.69. The number of thioether (sulfide) groups is 1. The number of piperazine rings is 1. The Morgan fingerprint density at radius 3 is 2.94 bits per heavy atom. The highest BCUT2D eigenvalue weighted by Gasteiger charge is 2.14. The highest BCUT2D eigenvalue weighted by atomic mass is 32.2. The molecule has 1 fully saturated rings. The fourth-order valence-corrected chi connectivity index (χ4v) is 3.13. The van der Waals surface area contributed by atoms with Gasteiger partial charge in [-0.25, -0.2) is 0 Å². The number of hydrogen-bond acceptors (Lipinski definition) is 3. The summed E-state index contributed by atoms with van der Waals surface area (Å²) in [7, 11) is 0. The molecule has 1 aliphatic heterocycles. The van der Waals surface area contributed by atoms with Gasteiger partial charge in [-0.1, -0.05) is 30.3 Å². The summed E-state index contributed by atoms with van der Waals surface area (Å²) in [6.07, 6.45) is 0. The van der Waals surface area contributed by atoms with Crippen molar-refractivity contribution in [2.45, 2.75) is 18.7 Å². The van der Waals surface area contributed by atoms with Gasteiger partial charge in [0.15, 0.2) is 0 Å². The SMILES string of the molecule is CC1CN(CCSCc2ccccc2)CCN1. The molecule has 1 heterocycles. The lowest BCUT2D eigenvalue weighted by Gasteiger charge is -2.31. The van der Waals surface area contributed by atoms with Crippen LogP contribution in [-0.2, 0) is 5.75 Å². The summed E-state index contributed by atoms with van der Waals surface area (Å²) < 4.78 is 0. The smallest absolute Gasteiger partial charge is 0.0185 e. The first-order valence-corrected chi connectivity index (χ1v) is 7.57. The summed E-state index contributed by atoms with van der Waals surface area (Å²) in [6, 6.07) is 11.4. The van der Waals surface area contributed by atoms with Gasteiger partial charge in [0.05, 0.1) is 0 Å². The number of rotatable bonds is 5. The van der Waals surface area contributed by atoms with Gasteiger partial charge in [-0.15, -0.1) is 0 Å². The van der Waals surface area contributed by atoms with Crippen LogP contribution >= 0.6 is 11.8 Å². The Morgan fingerprint density at radius 2 is 2.18 bits per heavy atom. The molecule has 1 N–H and O–H groups in total. The first kappa shape index (κ1) is 12.9. The number of nitrogens with zero attached hydrogens (tertiary/aromatic N) is 1.